The molecule has 7 nitrogen and oxygen atoms in total. The van der Waals surface area contributed by atoms with E-state index in [1.807, 2.05) is 0 Å². The Morgan fingerprint density at radius 1 is 1.25 bits per heavy atom. The van der Waals surface area contributed by atoms with Gasteiger partial charge < -0.3 is 10.4 Å². The van der Waals surface area contributed by atoms with E-state index in [2.05, 4.69) is 15.3 Å². The lowest BCUT2D eigenvalue weighted by Crippen LogP contribution is -2.28. The normalized spacial score (nSPS) is 15.0. The predicted molar refractivity (Wildman–Crippen MR) is 89.5 cm³/mol. The summed E-state index contributed by atoms with van der Waals surface area (Å²) in [7, 11) is 0. The third kappa shape index (κ3) is 3.80. The summed E-state index contributed by atoms with van der Waals surface area (Å²) in [6, 6.07) is 0. The Kier molecular flexibility index (Phi) is 4.66. The summed E-state index contributed by atoms with van der Waals surface area (Å²) in [6.07, 6.45) is 1.03. The van der Waals surface area contributed by atoms with Crippen molar-refractivity contribution in [3.8, 4) is 10.7 Å². The number of carboxylic acids is 1. The van der Waals surface area contributed by atoms with E-state index in [0.29, 0.717) is 28.6 Å². The Bertz CT molecular complexity index is 813. The molecular formula is C14H12ClN3O4S2. The van der Waals surface area contributed by atoms with E-state index in [4.69, 9.17) is 16.7 Å². The van der Waals surface area contributed by atoms with Crippen molar-refractivity contribution in [2.24, 2.45) is 0 Å². The monoisotopic (exact) mass is 385 g/mol. The second kappa shape index (κ2) is 6.58. The molecule has 0 spiro atoms. The van der Waals surface area contributed by atoms with Gasteiger partial charge in [-0.05, 0) is 12.8 Å². The molecule has 2 aromatic heterocycles. The number of nitrogens with zero attached hydrogens (tertiary/aromatic N) is 2. The first-order valence-corrected chi connectivity index (χ1v) is 9.13. The number of thiazole rings is 2. The van der Waals surface area contributed by atoms with Gasteiger partial charge in [0.1, 0.15) is 20.6 Å². The molecule has 1 saturated carbocycles. The number of hydrogen-bond donors (Lipinski definition) is 2. The first-order chi connectivity index (χ1) is 11.4. The van der Waals surface area contributed by atoms with E-state index in [1.54, 1.807) is 5.38 Å². The standard InChI is InChI=1S/C14H12ClN3O4S2/c15-14(1-2-14)9(19)3-10(20)16-4-11-17-7(5-23-11)12-18-8(6-24-12)13(21)22/h5-6H,1-4H2,(H,16,20)(H,21,22). The van der Waals surface area contributed by atoms with E-state index < -0.39 is 10.8 Å². The molecule has 1 aliphatic rings. The number of carbonyl (C=O) groups excluding carboxylic acids is 2. The van der Waals surface area contributed by atoms with Gasteiger partial charge in [-0.15, -0.1) is 34.3 Å². The van der Waals surface area contributed by atoms with Crippen LogP contribution in [0.3, 0.4) is 0 Å². The van der Waals surface area contributed by atoms with Crippen LogP contribution in [-0.4, -0.2) is 37.6 Å². The summed E-state index contributed by atoms with van der Waals surface area (Å²) >= 11 is 8.48. The molecule has 126 valence electrons. The van der Waals surface area contributed by atoms with Crippen molar-refractivity contribution >= 4 is 51.9 Å². The van der Waals surface area contributed by atoms with Crippen LogP contribution in [0.1, 0.15) is 34.8 Å². The molecule has 3 rings (SSSR count). The molecule has 0 bridgehead atoms. The summed E-state index contributed by atoms with van der Waals surface area (Å²) in [6.45, 7) is 0.198. The summed E-state index contributed by atoms with van der Waals surface area (Å²) in [5.74, 6) is -1.71. The lowest BCUT2D eigenvalue weighted by atomic mass is 10.2. The maximum atomic E-state index is 11.8. The summed E-state index contributed by atoms with van der Waals surface area (Å²) < 4.78 is 0. The number of carbonyl (C=O) groups is 3. The van der Waals surface area contributed by atoms with Gasteiger partial charge >= 0.3 is 5.97 Å². The zero-order chi connectivity index (χ0) is 17.3. The maximum Gasteiger partial charge on any atom is 0.355 e. The molecule has 0 unspecified atom stereocenters. The fourth-order valence-electron chi connectivity index (χ4n) is 1.91. The Labute approximate surface area is 149 Å². The molecular weight excluding hydrogens is 374 g/mol. The molecule has 0 saturated heterocycles. The fraction of sp³-hybridized carbons (Fsp3) is 0.357. The third-order valence-corrected chi connectivity index (χ3v) is 5.74. The number of Topliss-reactive ketones (excluding diaryl/α,β-unsaturated/α-hetero) is 1. The highest BCUT2D eigenvalue weighted by Gasteiger charge is 2.47. The number of hydrogen-bond acceptors (Lipinski definition) is 7. The number of amides is 1. The van der Waals surface area contributed by atoms with Crippen LogP contribution >= 0.6 is 34.3 Å². The first kappa shape index (κ1) is 17.0. The number of alkyl halides is 1. The second-order valence-electron chi connectivity index (χ2n) is 5.31. The molecule has 10 heteroatoms. The van der Waals surface area contributed by atoms with E-state index in [-0.39, 0.29) is 30.3 Å². The van der Waals surface area contributed by atoms with Crippen LogP contribution in [0.4, 0.5) is 0 Å². The van der Waals surface area contributed by atoms with Crippen molar-refractivity contribution in [3.05, 3.63) is 21.5 Å². The highest BCUT2D eigenvalue weighted by atomic mass is 35.5. The number of rotatable bonds is 7. The average Bonchev–Trinajstić information content (AvgIpc) is 2.96. The number of carboxylic acid groups (broad SMARTS) is 1. The van der Waals surface area contributed by atoms with E-state index in [1.165, 1.54) is 28.1 Å². The number of aromatic carboxylic acids is 1. The molecule has 2 N–H and O–H groups in total. The maximum absolute atomic E-state index is 11.8. The Morgan fingerprint density at radius 3 is 2.62 bits per heavy atom. The molecule has 0 atom stereocenters. The summed E-state index contributed by atoms with van der Waals surface area (Å²) in [5, 5.41) is 15.9. The van der Waals surface area contributed by atoms with Crippen LogP contribution in [0.5, 0.6) is 0 Å². The second-order valence-corrected chi connectivity index (χ2v) is 7.84. The minimum Gasteiger partial charge on any atom is -0.476 e. The SMILES string of the molecule is O=C(CC(=O)C1(Cl)CC1)NCc1nc(-c2nc(C(=O)O)cs2)cs1. The zero-order valence-corrected chi connectivity index (χ0v) is 14.6. The minimum atomic E-state index is -1.09. The quantitative estimate of drug-likeness (QED) is 0.559. The van der Waals surface area contributed by atoms with Crippen LogP contribution in [0.15, 0.2) is 10.8 Å². The van der Waals surface area contributed by atoms with E-state index >= 15 is 0 Å². The molecule has 24 heavy (non-hydrogen) atoms. The van der Waals surface area contributed by atoms with Gasteiger partial charge in [-0.25, -0.2) is 14.8 Å². The van der Waals surface area contributed by atoms with Gasteiger partial charge in [-0.1, -0.05) is 0 Å². The van der Waals surface area contributed by atoms with Gasteiger partial charge in [-0.2, -0.15) is 0 Å². The molecule has 0 aliphatic heterocycles. The van der Waals surface area contributed by atoms with Crippen LogP contribution in [0.25, 0.3) is 10.7 Å². The molecule has 0 radical (unpaired) electrons. The first-order valence-electron chi connectivity index (χ1n) is 7.00. The number of aromatic nitrogens is 2. The number of nitrogens with one attached hydrogen (secondary N) is 1. The molecule has 1 aliphatic carbocycles. The predicted octanol–water partition coefficient (Wildman–Crippen LogP) is 2.31. The summed E-state index contributed by atoms with van der Waals surface area (Å²) in [4.78, 5) is 41.8. The number of halogens is 1. The van der Waals surface area contributed by atoms with Gasteiger partial charge in [0.2, 0.25) is 5.91 Å². The van der Waals surface area contributed by atoms with Crippen LogP contribution in [0, 0.1) is 0 Å². The van der Waals surface area contributed by atoms with Crippen LogP contribution in [0.2, 0.25) is 0 Å². The van der Waals surface area contributed by atoms with Gasteiger partial charge in [0, 0.05) is 10.8 Å². The van der Waals surface area contributed by atoms with E-state index in [9.17, 15) is 14.4 Å². The molecule has 2 heterocycles. The Hall–Kier alpha value is -1.84. The smallest absolute Gasteiger partial charge is 0.355 e. The van der Waals surface area contributed by atoms with Crippen LogP contribution in [-0.2, 0) is 16.1 Å². The lowest BCUT2D eigenvalue weighted by molar-refractivity contribution is -0.128. The molecule has 2 aromatic rings. The van der Waals surface area contributed by atoms with Gasteiger partial charge in [0.25, 0.3) is 0 Å². The molecule has 1 fully saturated rings. The van der Waals surface area contributed by atoms with Crippen molar-refractivity contribution in [1.29, 1.82) is 0 Å². The minimum absolute atomic E-state index is 0.0218. The average molecular weight is 386 g/mol. The van der Waals surface area contributed by atoms with Gasteiger partial charge in [-0.3, -0.25) is 9.59 Å². The highest BCUT2D eigenvalue weighted by molar-refractivity contribution is 7.14. The van der Waals surface area contributed by atoms with Gasteiger partial charge in [0.15, 0.2) is 11.5 Å². The van der Waals surface area contributed by atoms with Crippen molar-refractivity contribution in [1.82, 2.24) is 15.3 Å². The third-order valence-electron chi connectivity index (χ3n) is 3.44. The van der Waals surface area contributed by atoms with E-state index in [0.717, 1.165) is 0 Å². The highest BCUT2D eigenvalue weighted by Crippen LogP contribution is 2.43. The van der Waals surface area contributed by atoms with Gasteiger partial charge in [0.05, 0.1) is 13.0 Å². The lowest BCUT2D eigenvalue weighted by Gasteiger charge is -2.05. The van der Waals surface area contributed by atoms with Crippen LogP contribution < -0.4 is 5.32 Å². The topological polar surface area (TPSA) is 109 Å². The zero-order valence-electron chi connectivity index (χ0n) is 12.2. The Balaban J connectivity index is 1.55. The largest absolute Gasteiger partial charge is 0.476 e. The fourth-order valence-corrected chi connectivity index (χ4v) is 3.62. The Morgan fingerprint density at radius 2 is 2.00 bits per heavy atom. The molecule has 0 aromatic carbocycles. The van der Waals surface area contributed by atoms with Crippen molar-refractivity contribution in [3.63, 3.8) is 0 Å². The summed E-state index contributed by atoms with van der Waals surface area (Å²) in [5.41, 5.74) is 0.543. The number of ketones is 1. The van der Waals surface area contributed by atoms with Crippen molar-refractivity contribution in [2.75, 3.05) is 0 Å². The molecule has 1 amide bonds. The van der Waals surface area contributed by atoms with Crippen molar-refractivity contribution in [2.45, 2.75) is 30.7 Å². The van der Waals surface area contributed by atoms with Crippen molar-refractivity contribution < 1.29 is 19.5 Å².